The highest BCUT2D eigenvalue weighted by Gasteiger charge is 2.35. The summed E-state index contributed by atoms with van der Waals surface area (Å²) in [6, 6.07) is 5.59. The standard InChI is InChI=1S/C19H26FN3O2S/c1-3-5-11-21-19-23(12-6-4-2)17(24)13-16(26-19)18(25)22-15-9-7-14(20)8-10-15/h7-10,16H,3-6,11-13H2,1-2H3,(H,22,25)/t16-/m1/s1. The van der Waals surface area contributed by atoms with Crippen LogP contribution in [0.15, 0.2) is 29.3 Å². The summed E-state index contributed by atoms with van der Waals surface area (Å²) in [5.41, 5.74) is 0.516. The molecule has 1 saturated heterocycles. The van der Waals surface area contributed by atoms with Gasteiger partial charge in [-0.15, -0.1) is 0 Å². The number of benzene rings is 1. The van der Waals surface area contributed by atoms with Gasteiger partial charge in [0, 0.05) is 25.2 Å². The second kappa shape index (κ2) is 10.3. The number of amides is 2. The maximum atomic E-state index is 13.0. The molecule has 5 nitrogen and oxygen atoms in total. The number of hydrogen-bond acceptors (Lipinski definition) is 4. The van der Waals surface area contributed by atoms with Crippen molar-refractivity contribution >= 4 is 34.4 Å². The molecule has 0 unspecified atom stereocenters. The third-order valence-corrected chi connectivity index (χ3v) is 5.26. The topological polar surface area (TPSA) is 61.8 Å². The first-order valence-corrected chi connectivity index (χ1v) is 10.0. The van der Waals surface area contributed by atoms with Gasteiger partial charge in [-0.2, -0.15) is 0 Å². The van der Waals surface area contributed by atoms with E-state index >= 15 is 0 Å². The number of thioether (sulfide) groups is 1. The van der Waals surface area contributed by atoms with Crippen LogP contribution in [0.4, 0.5) is 10.1 Å². The van der Waals surface area contributed by atoms with Gasteiger partial charge >= 0.3 is 0 Å². The van der Waals surface area contributed by atoms with Crippen molar-refractivity contribution < 1.29 is 14.0 Å². The summed E-state index contributed by atoms with van der Waals surface area (Å²) in [5, 5.41) is 2.87. The summed E-state index contributed by atoms with van der Waals surface area (Å²) < 4.78 is 13.0. The quantitative estimate of drug-likeness (QED) is 0.693. The van der Waals surface area contributed by atoms with Gasteiger partial charge in [-0.1, -0.05) is 38.5 Å². The summed E-state index contributed by atoms with van der Waals surface area (Å²) in [7, 11) is 0. The lowest BCUT2D eigenvalue weighted by atomic mass is 10.2. The third kappa shape index (κ3) is 5.83. The Kier molecular flexibility index (Phi) is 8.09. The molecule has 1 heterocycles. The van der Waals surface area contributed by atoms with E-state index in [0.29, 0.717) is 23.9 Å². The lowest BCUT2D eigenvalue weighted by Gasteiger charge is -2.31. The van der Waals surface area contributed by atoms with Crippen LogP contribution in [0.5, 0.6) is 0 Å². The predicted octanol–water partition coefficient (Wildman–Crippen LogP) is 4.05. The molecule has 26 heavy (non-hydrogen) atoms. The number of carbonyl (C=O) groups is 2. The van der Waals surface area contributed by atoms with Crippen molar-refractivity contribution in [3.8, 4) is 0 Å². The first kappa shape index (κ1) is 20.4. The Labute approximate surface area is 158 Å². The number of amidine groups is 1. The van der Waals surface area contributed by atoms with Crippen LogP contribution >= 0.6 is 11.8 Å². The van der Waals surface area contributed by atoms with Gasteiger partial charge in [0.1, 0.15) is 11.1 Å². The van der Waals surface area contributed by atoms with Crippen LogP contribution in [-0.4, -0.2) is 40.2 Å². The average Bonchev–Trinajstić information content (AvgIpc) is 2.63. The minimum atomic E-state index is -0.522. The normalized spacial score (nSPS) is 19.0. The van der Waals surface area contributed by atoms with Crippen LogP contribution in [0.3, 0.4) is 0 Å². The molecule has 1 aliphatic rings. The largest absolute Gasteiger partial charge is 0.325 e. The fourth-order valence-corrected chi connectivity index (χ4v) is 3.63. The van der Waals surface area contributed by atoms with E-state index in [1.54, 1.807) is 4.90 Å². The predicted molar refractivity (Wildman–Crippen MR) is 105 cm³/mol. The maximum Gasteiger partial charge on any atom is 0.238 e. The number of rotatable bonds is 8. The first-order valence-electron chi connectivity index (χ1n) is 9.13. The Morgan fingerprint density at radius 2 is 1.96 bits per heavy atom. The van der Waals surface area contributed by atoms with Gasteiger partial charge in [0.05, 0.1) is 0 Å². The van der Waals surface area contributed by atoms with Crippen LogP contribution < -0.4 is 5.32 Å². The number of nitrogens with zero attached hydrogens (tertiary/aromatic N) is 2. The molecule has 1 N–H and O–H groups in total. The van der Waals surface area contributed by atoms with E-state index in [4.69, 9.17) is 0 Å². The summed E-state index contributed by atoms with van der Waals surface area (Å²) >= 11 is 1.34. The highest BCUT2D eigenvalue weighted by atomic mass is 32.2. The summed E-state index contributed by atoms with van der Waals surface area (Å²) in [5.74, 6) is -0.679. The molecule has 0 radical (unpaired) electrons. The van der Waals surface area contributed by atoms with Gasteiger partial charge in [0.25, 0.3) is 0 Å². The fraction of sp³-hybridized carbons (Fsp3) is 0.526. The van der Waals surface area contributed by atoms with Gasteiger partial charge < -0.3 is 5.32 Å². The SMILES string of the molecule is CCCCN=C1S[C@@H](C(=O)Nc2ccc(F)cc2)CC(=O)N1CCCC. The van der Waals surface area contributed by atoms with Crippen LogP contribution in [-0.2, 0) is 9.59 Å². The summed E-state index contributed by atoms with van der Waals surface area (Å²) in [6.45, 7) is 5.46. The molecule has 7 heteroatoms. The second-order valence-corrected chi connectivity index (χ2v) is 7.39. The number of anilines is 1. The van der Waals surface area contributed by atoms with Gasteiger partial charge in [-0.25, -0.2) is 4.39 Å². The van der Waals surface area contributed by atoms with Crippen molar-refractivity contribution in [2.24, 2.45) is 4.99 Å². The molecule has 0 saturated carbocycles. The third-order valence-electron chi connectivity index (χ3n) is 4.04. The van der Waals surface area contributed by atoms with E-state index < -0.39 is 5.25 Å². The van der Waals surface area contributed by atoms with Crippen molar-refractivity contribution in [2.45, 2.75) is 51.2 Å². The average molecular weight is 380 g/mol. The van der Waals surface area contributed by atoms with E-state index in [9.17, 15) is 14.0 Å². The van der Waals surface area contributed by atoms with Crippen molar-refractivity contribution in [1.29, 1.82) is 0 Å². The molecule has 0 aliphatic carbocycles. The number of halogens is 1. The van der Waals surface area contributed by atoms with E-state index in [0.717, 1.165) is 25.7 Å². The van der Waals surface area contributed by atoms with Crippen molar-refractivity contribution in [1.82, 2.24) is 4.90 Å². The summed E-state index contributed by atoms with van der Waals surface area (Å²) in [6.07, 6.45) is 4.02. The molecule has 2 rings (SSSR count). The highest BCUT2D eigenvalue weighted by molar-refractivity contribution is 8.15. The number of hydrogen-bond donors (Lipinski definition) is 1. The molecular formula is C19H26FN3O2S. The molecular weight excluding hydrogens is 353 g/mol. The second-order valence-electron chi connectivity index (χ2n) is 6.22. The highest BCUT2D eigenvalue weighted by Crippen LogP contribution is 2.28. The van der Waals surface area contributed by atoms with Crippen LogP contribution in [0.2, 0.25) is 0 Å². The van der Waals surface area contributed by atoms with E-state index in [1.165, 1.54) is 36.0 Å². The molecule has 0 bridgehead atoms. The Bertz CT molecular complexity index is 649. The van der Waals surface area contributed by atoms with Crippen molar-refractivity contribution in [3.05, 3.63) is 30.1 Å². The zero-order valence-electron chi connectivity index (χ0n) is 15.3. The Hall–Kier alpha value is -1.89. The molecule has 0 aromatic heterocycles. The summed E-state index contributed by atoms with van der Waals surface area (Å²) in [4.78, 5) is 31.4. The van der Waals surface area contributed by atoms with Gasteiger partial charge in [0.2, 0.25) is 11.8 Å². The molecule has 1 atom stereocenters. The Balaban J connectivity index is 2.07. The van der Waals surface area contributed by atoms with E-state index in [-0.39, 0.29) is 24.1 Å². The molecule has 1 aromatic carbocycles. The zero-order valence-corrected chi connectivity index (χ0v) is 16.2. The first-order chi connectivity index (χ1) is 12.5. The molecule has 142 valence electrons. The number of aliphatic imine (C=N–C) groups is 1. The van der Waals surface area contributed by atoms with Gasteiger partial charge in [-0.3, -0.25) is 19.5 Å². The van der Waals surface area contributed by atoms with Crippen molar-refractivity contribution in [2.75, 3.05) is 18.4 Å². The van der Waals surface area contributed by atoms with Crippen molar-refractivity contribution in [3.63, 3.8) is 0 Å². The number of carbonyl (C=O) groups excluding carboxylic acids is 2. The lowest BCUT2D eigenvalue weighted by molar-refractivity contribution is -0.129. The zero-order chi connectivity index (χ0) is 18.9. The number of unbranched alkanes of at least 4 members (excludes halogenated alkanes) is 2. The maximum absolute atomic E-state index is 13.0. The van der Waals surface area contributed by atoms with E-state index in [1.807, 2.05) is 0 Å². The Morgan fingerprint density at radius 1 is 1.27 bits per heavy atom. The molecule has 1 fully saturated rings. The number of nitrogens with one attached hydrogen (secondary N) is 1. The molecule has 1 aliphatic heterocycles. The van der Waals surface area contributed by atoms with Crippen LogP contribution in [0.1, 0.15) is 46.0 Å². The molecule has 1 aromatic rings. The van der Waals surface area contributed by atoms with Gasteiger partial charge in [-0.05, 0) is 37.1 Å². The lowest BCUT2D eigenvalue weighted by Crippen LogP contribution is -2.45. The van der Waals surface area contributed by atoms with Crippen LogP contribution in [0.25, 0.3) is 0 Å². The minimum Gasteiger partial charge on any atom is -0.325 e. The minimum absolute atomic E-state index is 0.0632. The molecule has 0 spiro atoms. The van der Waals surface area contributed by atoms with Gasteiger partial charge in [0.15, 0.2) is 5.17 Å². The fourth-order valence-electron chi connectivity index (χ4n) is 2.50. The monoisotopic (exact) mass is 379 g/mol. The smallest absolute Gasteiger partial charge is 0.238 e. The molecule has 2 amide bonds. The van der Waals surface area contributed by atoms with E-state index in [2.05, 4.69) is 24.2 Å². The Morgan fingerprint density at radius 3 is 2.62 bits per heavy atom. The van der Waals surface area contributed by atoms with Crippen LogP contribution in [0, 0.1) is 5.82 Å².